The largest absolute Gasteiger partial charge is 0.508 e. The van der Waals surface area contributed by atoms with E-state index in [1.807, 2.05) is 93.6 Å². The van der Waals surface area contributed by atoms with Gasteiger partial charge in [-0.05, 0) is 83.8 Å². The minimum Gasteiger partial charge on any atom is -0.508 e. The topological polar surface area (TPSA) is 232 Å². The first kappa shape index (κ1) is 61.9. The first-order chi connectivity index (χ1) is 40.3. The summed E-state index contributed by atoms with van der Waals surface area (Å²) in [4.78, 5) is 76.1. The molecule has 4 aromatic carbocycles. The van der Waals surface area contributed by atoms with Gasteiger partial charge in [-0.2, -0.15) is 0 Å². The van der Waals surface area contributed by atoms with Gasteiger partial charge in [0.05, 0.1) is 78.3 Å². The summed E-state index contributed by atoms with van der Waals surface area (Å²) >= 11 is 8.52. The summed E-state index contributed by atoms with van der Waals surface area (Å²) in [5, 5.41) is 40.1. The number of hydrogen-bond donors (Lipinski definition) is 5. The number of β-amino-alcohol motifs (C(OH)–C–C–N with tert-alkyl or cyclic N) is 1. The van der Waals surface area contributed by atoms with Gasteiger partial charge >= 0.3 is 0 Å². The van der Waals surface area contributed by atoms with Crippen molar-refractivity contribution in [3.05, 3.63) is 113 Å². The average Bonchev–Trinajstić information content (AvgIpc) is 2.61. The number of piperidine rings is 1. The van der Waals surface area contributed by atoms with Gasteiger partial charge in [0.25, 0.3) is 0 Å². The number of phenolic OH excluding ortho intramolecular Hbond substituents is 1. The Morgan fingerprint density at radius 3 is 2.33 bits per heavy atom. The van der Waals surface area contributed by atoms with E-state index in [0.717, 1.165) is 34.5 Å². The Morgan fingerprint density at radius 2 is 1.64 bits per heavy atom. The van der Waals surface area contributed by atoms with Crippen LogP contribution in [-0.2, 0) is 33.4 Å². The van der Waals surface area contributed by atoms with Crippen molar-refractivity contribution in [3.63, 3.8) is 0 Å². The molecule has 0 spiro atoms. The molecule has 5 atom stereocenters. The molecule has 6 aromatic rings. The Balaban J connectivity index is 0.730. The lowest BCUT2D eigenvalue weighted by atomic mass is 9.85. The molecule has 5 N–H and O–H groups in total. The van der Waals surface area contributed by atoms with Gasteiger partial charge in [-0.25, -0.2) is 19.3 Å². The van der Waals surface area contributed by atoms with E-state index in [1.54, 1.807) is 28.4 Å². The number of thiazole rings is 1. The van der Waals surface area contributed by atoms with Crippen molar-refractivity contribution in [1.29, 1.82) is 0 Å². The maximum absolute atomic E-state index is 17.3. The quantitative estimate of drug-likeness (QED) is 0.0335. The van der Waals surface area contributed by atoms with Crippen LogP contribution in [0.3, 0.4) is 0 Å². The van der Waals surface area contributed by atoms with Gasteiger partial charge in [-0.1, -0.05) is 87.5 Å². The van der Waals surface area contributed by atoms with E-state index >= 15 is 4.39 Å². The Kier molecular flexibility index (Phi) is 20.3. The van der Waals surface area contributed by atoms with Gasteiger partial charge in [0.2, 0.25) is 23.6 Å². The van der Waals surface area contributed by atoms with Gasteiger partial charge in [0, 0.05) is 69.7 Å². The summed E-state index contributed by atoms with van der Waals surface area (Å²) in [6.45, 7) is 16.5. The standard InChI is InChI=1S/C62H75ClFN9O10S/c1-7-52(78)71-20-22-72(23-21-71)59-48-31-49(63)53(47-29-43(75)28-41-10-8-9-11-46(41)47)54(64)55(48)68-58(69-59)42(34-74)32-70-18-16-45(17-19-70)83-27-26-81-24-25-82-35-51(77)67-57(62(4,5)6)61(80)73-33-44(76)30-50(73)60(79)66-37(2)39-12-14-40(15-13-39)56-38(3)65-36-84-56/h7-15,28-29,31,36-37,42,44-45,50,57,74-76H,1,16-27,30,32-35H2,2-6H3,(H,66,79)(H,67,77)/t37-,42-,44?,50?,57+/m0/s1. The molecule has 2 unspecified atom stereocenters. The second kappa shape index (κ2) is 27.6. The Hall–Kier alpha value is -6.69. The number of piperazine rings is 1. The number of aromatic nitrogens is 3. The summed E-state index contributed by atoms with van der Waals surface area (Å²) in [6, 6.07) is 17.7. The average molecular weight is 1190 g/mol. The van der Waals surface area contributed by atoms with Crippen LogP contribution >= 0.6 is 22.9 Å². The zero-order chi connectivity index (χ0) is 59.8. The van der Waals surface area contributed by atoms with E-state index in [2.05, 4.69) is 27.1 Å². The SMILES string of the molecule is C=CC(=O)N1CCN(c2nc([C@H](CO)CN3CCC(OCCOCCOCC(=O)N[C@H](C(=O)N4CC(O)CC4C(=O)N[C@@H](C)c4ccc(-c5scnc5C)cc4)C(C)(C)C)CC3)nc3c(F)c(-c4cc(O)cc5ccccc45)c(Cl)cc23)CC1. The van der Waals surface area contributed by atoms with Crippen LogP contribution in [0, 0.1) is 18.2 Å². The number of aliphatic hydroxyl groups is 2. The predicted molar refractivity (Wildman–Crippen MR) is 321 cm³/mol. The number of nitrogens with one attached hydrogen (secondary N) is 2. The Morgan fingerprint density at radius 1 is 0.929 bits per heavy atom. The van der Waals surface area contributed by atoms with Crippen molar-refractivity contribution in [2.75, 3.05) is 96.9 Å². The van der Waals surface area contributed by atoms with Crippen molar-refractivity contribution in [2.45, 2.75) is 90.1 Å². The summed E-state index contributed by atoms with van der Waals surface area (Å²) < 4.78 is 34.8. The third-order valence-corrected chi connectivity index (χ3v) is 17.2. The molecule has 9 rings (SSSR count). The summed E-state index contributed by atoms with van der Waals surface area (Å²) in [5.41, 5.74) is 4.46. The predicted octanol–water partition coefficient (Wildman–Crippen LogP) is 7.17. The lowest BCUT2D eigenvalue weighted by molar-refractivity contribution is -0.144. The molecule has 4 amide bonds. The van der Waals surface area contributed by atoms with Gasteiger partial charge in [0.1, 0.15) is 41.6 Å². The minimum absolute atomic E-state index is 0.0279. The van der Waals surface area contributed by atoms with Gasteiger partial charge in [0.15, 0.2) is 5.82 Å². The highest BCUT2D eigenvalue weighted by atomic mass is 35.5. The number of aryl methyl sites for hydroxylation is 1. The number of carbonyl (C=O) groups excluding carboxylic acids is 4. The fourth-order valence-corrected chi connectivity index (χ4v) is 12.4. The number of benzene rings is 4. The molecule has 22 heteroatoms. The molecule has 0 saturated carbocycles. The molecule has 2 aromatic heterocycles. The van der Waals surface area contributed by atoms with Crippen molar-refractivity contribution in [3.8, 4) is 27.3 Å². The van der Waals surface area contributed by atoms with Crippen LogP contribution < -0.4 is 15.5 Å². The first-order valence-electron chi connectivity index (χ1n) is 28.6. The molecule has 3 aliphatic rings. The molecule has 3 fully saturated rings. The Bertz CT molecular complexity index is 3330. The third-order valence-electron chi connectivity index (χ3n) is 15.9. The normalized spacial score (nSPS) is 18.3. The highest BCUT2D eigenvalue weighted by molar-refractivity contribution is 7.13. The number of anilines is 1. The van der Waals surface area contributed by atoms with Crippen molar-refractivity contribution in [2.24, 2.45) is 5.41 Å². The summed E-state index contributed by atoms with van der Waals surface area (Å²) in [6.07, 6.45) is 1.85. The fourth-order valence-electron chi connectivity index (χ4n) is 11.3. The van der Waals surface area contributed by atoms with E-state index in [4.69, 9.17) is 35.8 Å². The van der Waals surface area contributed by atoms with Crippen LogP contribution in [0.2, 0.25) is 5.02 Å². The molecule has 84 heavy (non-hydrogen) atoms. The Labute approximate surface area is 497 Å². The van der Waals surface area contributed by atoms with Crippen molar-refractivity contribution in [1.82, 2.24) is 40.3 Å². The van der Waals surface area contributed by atoms with Crippen LogP contribution in [0.25, 0.3) is 43.2 Å². The first-order valence-corrected chi connectivity index (χ1v) is 29.8. The molecular weight excluding hydrogens is 1120 g/mol. The second-order valence-electron chi connectivity index (χ2n) is 22.9. The maximum atomic E-state index is 17.3. The van der Waals surface area contributed by atoms with Crippen LogP contribution in [0.5, 0.6) is 5.75 Å². The molecule has 448 valence electrons. The second-order valence-corrected chi connectivity index (χ2v) is 24.1. The van der Waals surface area contributed by atoms with Gasteiger partial charge < -0.3 is 59.8 Å². The molecule has 0 radical (unpaired) electrons. The lowest BCUT2D eigenvalue weighted by Crippen LogP contribution is -2.58. The van der Waals surface area contributed by atoms with E-state index in [9.17, 15) is 34.5 Å². The van der Waals surface area contributed by atoms with E-state index in [-0.39, 0.29) is 85.1 Å². The summed E-state index contributed by atoms with van der Waals surface area (Å²) in [7, 11) is 0. The highest BCUT2D eigenvalue weighted by Crippen LogP contribution is 2.43. The molecular formula is C62H75ClFN9O10S. The smallest absolute Gasteiger partial charge is 0.246 e. The number of rotatable bonds is 22. The number of halogens is 2. The van der Waals surface area contributed by atoms with Crippen molar-refractivity contribution < 1.29 is 53.1 Å². The van der Waals surface area contributed by atoms with Crippen molar-refractivity contribution >= 4 is 74.1 Å². The molecule has 5 heterocycles. The molecule has 0 aliphatic carbocycles. The molecule has 3 aliphatic heterocycles. The van der Waals surface area contributed by atoms with Gasteiger partial charge in [-0.15, -0.1) is 11.3 Å². The highest BCUT2D eigenvalue weighted by Gasteiger charge is 2.45. The number of fused-ring (bicyclic) bond motifs is 2. The summed E-state index contributed by atoms with van der Waals surface area (Å²) in [5.74, 6) is -2.14. The monoisotopic (exact) mass is 1190 g/mol. The van der Waals surface area contributed by atoms with E-state index in [0.29, 0.717) is 86.6 Å². The van der Waals surface area contributed by atoms with Crippen LogP contribution in [-0.4, -0.2) is 185 Å². The van der Waals surface area contributed by atoms with Gasteiger partial charge in [-0.3, -0.25) is 19.2 Å². The van der Waals surface area contributed by atoms with E-state index in [1.165, 1.54) is 17.0 Å². The number of aliphatic hydroxyl groups excluding tert-OH is 2. The molecule has 0 bridgehead atoms. The maximum Gasteiger partial charge on any atom is 0.246 e. The van der Waals surface area contributed by atoms with Crippen LogP contribution in [0.15, 0.2) is 84.9 Å². The number of phenols is 1. The minimum atomic E-state index is -1.01. The number of amides is 4. The zero-order valence-electron chi connectivity index (χ0n) is 48.2. The van der Waals surface area contributed by atoms with Crippen LogP contribution in [0.4, 0.5) is 10.2 Å². The number of nitrogens with zero attached hydrogens (tertiary/aromatic N) is 7. The number of hydrogen-bond acceptors (Lipinski definition) is 16. The number of likely N-dealkylation sites (tertiary alicyclic amines) is 2. The molecule has 3 saturated heterocycles. The number of carbonyl (C=O) groups is 4. The number of ether oxygens (including phenoxy) is 3. The van der Waals surface area contributed by atoms with E-state index < -0.39 is 53.1 Å². The zero-order valence-corrected chi connectivity index (χ0v) is 49.8. The van der Waals surface area contributed by atoms with Crippen LogP contribution in [0.1, 0.15) is 76.0 Å². The fraction of sp³-hybridized carbons (Fsp3) is 0.468. The number of aromatic hydroxyl groups is 1. The molecule has 19 nitrogen and oxygen atoms in total. The lowest BCUT2D eigenvalue weighted by Gasteiger charge is -2.36. The third kappa shape index (κ3) is 14.5.